The summed E-state index contributed by atoms with van der Waals surface area (Å²) in [5.41, 5.74) is 0.731. The molecule has 1 aromatic carbocycles. The number of amides is 1. The quantitative estimate of drug-likeness (QED) is 0.828. The zero-order valence-corrected chi connectivity index (χ0v) is 11.3. The highest BCUT2D eigenvalue weighted by Crippen LogP contribution is 2.31. The van der Waals surface area contributed by atoms with Crippen LogP contribution in [-0.4, -0.2) is 12.5 Å². The van der Waals surface area contributed by atoms with Crippen molar-refractivity contribution in [3.8, 4) is 5.75 Å². The van der Waals surface area contributed by atoms with Gasteiger partial charge in [0.15, 0.2) is 0 Å². The molecule has 1 aliphatic heterocycles. The number of hydrogen-bond acceptors (Lipinski definition) is 2. The van der Waals surface area contributed by atoms with E-state index in [0.29, 0.717) is 0 Å². The third kappa shape index (κ3) is 2.84. The Kier molecular flexibility index (Phi) is 3.60. The Morgan fingerprint density at radius 3 is 2.78 bits per heavy atom. The summed E-state index contributed by atoms with van der Waals surface area (Å²) in [6.07, 6.45) is 1.89. The third-order valence-corrected chi connectivity index (χ3v) is 3.18. The molecule has 98 valence electrons. The lowest BCUT2D eigenvalue weighted by atomic mass is 9.93. The smallest absolute Gasteiger partial charge is 0.225 e. The molecule has 3 nitrogen and oxygen atoms in total. The molecular formula is C15H21NO2. The second kappa shape index (κ2) is 5.01. The van der Waals surface area contributed by atoms with Gasteiger partial charge in [-0.2, -0.15) is 0 Å². The van der Waals surface area contributed by atoms with Crippen molar-refractivity contribution < 1.29 is 9.53 Å². The number of hydrogen-bond donors (Lipinski definition) is 1. The Balaban J connectivity index is 2.21. The normalized spacial score (nSPS) is 19.4. The molecule has 0 bridgehead atoms. The van der Waals surface area contributed by atoms with E-state index in [1.807, 2.05) is 45.0 Å². The van der Waals surface area contributed by atoms with Crippen LogP contribution in [0, 0.1) is 5.41 Å². The van der Waals surface area contributed by atoms with Gasteiger partial charge in [0.1, 0.15) is 5.75 Å². The molecule has 0 radical (unpaired) electrons. The summed E-state index contributed by atoms with van der Waals surface area (Å²) >= 11 is 0. The minimum Gasteiger partial charge on any atom is -0.493 e. The molecule has 1 amide bonds. The molecule has 1 N–H and O–H groups in total. The molecule has 0 saturated heterocycles. The minimum absolute atomic E-state index is 0.0652. The fraction of sp³-hybridized carbons (Fsp3) is 0.533. The predicted molar refractivity (Wildman–Crippen MR) is 71.5 cm³/mol. The maximum atomic E-state index is 12.1. The molecule has 0 aliphatic carbocycles. The standard InChI is InChI=1S/C15H21NO2/c1-15(2,3)14(17)16-12-8-6-10-18-13-9-5-4-7-11(12)13/h4-5,7,9,12H,6,8,10H2,1-3H3,(H,16,17). The van der Waals surface area contributed by atoms with Crippen LogP contribution >= 0.6 is 0 Å². The van der Waals surface area contributed by atoms with Crippen molar-refractivity contribution in [2.45, 2.75) is 39.7 Å². The molecule has 2 rings (SSSR count). The van der Waals surface area contributed by atoms with Crippen molar-refractivity contribution >= 4 is 5.91 Å². The Morgan fingerprint density at radius 1 is 1.33 bits per heavy atom. The highest BCUT2D eigenvalue weighted by atomic mass is 16.5. The van der Waals surface area contributed by atoms with Crippen LogP contribution in [0.2, 0.25) is 0 Å². The number of rotatable bonds is 1. The Morgan fingerprint density at radius 2 is 2.06 bits per heavy atom. The average molecular weight is 247 g/mol. The van der Waals surface area contributed by atoms with Gasteiger partial charge in [-0.3, -0.25) is 4.79 Å². The molecule has 1 atom stereocenters. The SMILES string of the molecule is CC(C)(C)C(=O)NC1CCCOc2ccccc21. The number of fused-ring (bicyclic) bond motifs is 1. The van der Waals surface area contributed by atoms with Gasteiger partial charge in [0, 0.05) is 11.0 Å². The van der Waals surface area contributed by atoms with Gasteiger partial charge in [0.05, 0.1) is 12.6 Å². The largest absolute Gasteiger partial charge is 0.493 e. The van der Waals surface area contributed by atoms with Crippen molar-refractivity contribution in [2.75, 3.05) is 6.61 Å². The Hall–Kier alpha value is -1.51. The van der Waals surface area contributed by atoms with E-state index < -0.39 is 0 Å². The minimum atomic E-state index is -0.359. The molecule has 0 spiro atoms. The monoisotopic (exact) mass is 247 g/mol. The van der Waals surface area contributed by atoms with E-state index in [1.165, 1.54) is 0 Å². The van der Waals surface area contributed by atoms with Gasteiger partial charge in [0.25, 0.3) is 0 Å². The first-order valence-corrected chi connectivity index (χ1v) is 6.51. The first-order chi connectivity index (χ1) is 8.48. The van der Waals surface area contributed by atoms with E-state index in [0.717, 1.165) is 30.8 Å². The van der Waals surface area contributed by atoms with Crippen molar-refractivity contribution in [1.29, 1.82) is 0 Å². The van der Waals surface area contributed by atoms with Crippen LogP contribution in [0.4, 0.5) is 0 Å². The van der Waals surface area contributed by atoms with E-state index in [2.05, 4.69) is 5.32 Å². The molecule has 1 heterocycles. The van der Waals surface area contributed by atoms with Gasteiger partial charge >= 0.3 is 0 Å². The van der Waals surface area contributed by atoms with Crippen LogP contribution < -0.4 is 10.1 Å². The number of nitrogens with one attached hydrogen (secondary N) is 1. The maximum absolute atomic E-state index is 12.1. The van der Waals surface area contributed by atoms with Crippen molar-refractivity contribution in [2.24, 2.45) is 5.41 Å². The predicted octanol–water partition coefficient (Wildman–Crippen LogP) is 3.06. The number of carbonyl (C=O) groups excluding carboxylic acids is 1. The van der Waals surface area contributed by atoms with Crippen LogP contribution in [0.5, 0.6) is 5.75 Å². The first kappa shape index (κ1) is 12.9. The van der Waals surface area contributed by atoms with Crippen LogP contribution in [0.3, 0.4) is 0 Å². The van der Waals surface area contributed by atoms with Crippen LogP contribution in [-0.2, 0) is 4.79 Å². The first-order valence-electron chi connectivity index (χ1n) is 6.51. The lowest BCUT2D eigenvalue weighted by Crippen LogP contribution is -2.37. The van der Waals surface area contributed by atoms with E-state index >= 15 is 0 Å². The van der Waals surface area contributed by atoms with Crippen molar-refractivity contribution in [3.05, 3.63) is 29.8 Å². The van der Waals surface area contributed by atoms with Gasteiger partial charge in [-0.1, -0.05) is 39.0 Å². The second-order valence-corrected chi connectivity index (χ2v) is 5.80. The summed E-state index contributed by atoms with van der Waals surface area (Å²) in [6, 6.07) is 8.03. The highest BCUT2D eigenvalue weighted by molar-refractivity contribution is 5.81. The zero-order chi connectivity index (χ0) is 13.2. The molecule has 1 unspecified atom stereocenters. The van der Waals surface area contributed by atoms with E-state index in [1.54, 1.807) is 0 Å². The summed E-state index contributed by atoms with van der Waals surface area (Å²) in [7, 11) is 0. The molecule has 0 saturated carbocycles. The summed E-state index contributed by atoms with van der Waals surface area (Å²) in [6.45, 7) is 6.52. The zero-order valence-electron chi connectivity index (χ0n) is 11.3. The third-order valence-electron chi connectivity index (χ3n) is 3.18. The molecule has 0 aromatic heterocycles. The lowest BCUT2D eigenvalue weighted by Gasteiger charge is -2.24. The fourth-order valence-electron chi connectivity index (χ4n) is 2.05. The fourth-order valence-corrected chi connectivity index (χ4v) is 2.05. The van der Waals surface area contributed by atoms with Gasteiger partial charge in [-0.15, -0.1) is 0 Å². The van der Waals surface area contributed by atoms with Gasteiger partial charge in [-0.25, -0.2) is 0 Å². The van der Waals surface area contributed by atoms with Crippen molar-refractivity contribution in [3.63, 3.8) is 0 Å². The highest BCUT2D eigenvalue weighted by Gasteiger charge is 2.26. The van der Waals surface area contributed by atoms with E-state index in [9.17, 15) is 4.79 Å². The number of para-hydroxylation sites is 1. The molecule has 0 fully saturated rings. The molecular weight excluding hydrogens is 226 g/mol. The Labute approximate surface area is 109 Å². The van der Waals surface area contributed by atoms with E-state index in [-0.39, 0.29) is 17.4 Å². The van der Waals surface area contributed by atoms with Crippen LogP contribution in [0.15, 0.2) is 24.3 Å². The summed E-state index contributed by atoms with van der Waals surface area (Å²) in [4.78, 5) is 12.1. The molecule has 3 heteroatoms. The van der Waals surface area contributed by atoms with Gasteiger partial charge in [0.2, 0.25) is 5.91 Å². The summed E-state index contributed by atoms with van der Waals surface area (Å²) in [5.74, 6) is 0.985. The molecule has 18 heavy (non-hydrogen) atoms. The topological polar surface area (TPSA) is 38.3 Å². The summed E-state index contributed by atoms with van der Waals surface area (Å²) in [5, 5.41) is 3.14. The number of carbonyl (C=O) groups is 1. The maximum Gasteiger partial charge on any atom is 0.225 e. The lowest BCUT2D eigenvalue weighted by molar-refractivity contribution is -0.129. The number of benzene rings is 1. The molecule has 1 aromatic rings. The average Bonchev–Trinajstić information content (AvgIpc) is 2.51. The summed E-state index contributed by atoms with van der Waals surface area (Å²) < 4.78 is 5.69. The van der Waals surface area contributed by atoms with Gasteiger partial charge in [-0.05, 0) is 18.9 Å². The second-order valence-electron chi connectivity index (χ2n) is 5.80. The molecule has 1 aliphatic rings. The van der Waals surface area contributed by atoms with Gasteiger partial charge < -0.3 is 10.1 Å². The Bertz CT molecular complexity index is 434. The van der Waals surface area contributed by atoms with Crippen LogP contribution in [0.1, 0.15) is 45.2 Å². The van der Waals surface area contributed by atoms with Crippen LogP contribution in [0.25, 0.3) is 0 Å². The number of ether oxygens (including phenoxy) is 1. The van der Waals surface area contributed by atoms with Crippen molar-refractivity contribution in [1.82, 2.24) is 5.32 Å². The van der Waals surface area contributed by atoms with E-state index in [4.69, 9.17) is 4.74 Å².